The minimum Gasteiger partial charge on any atom is -0.325 e. The fourth-order valence-electron chi connectivity index (χ4n) is 4.61. The van der Waals surface area contributed by atoms with Gasteiger partial charge >= 0.3 is 6.03 Å². The quantitative estimate of drug-likeness (QED) is 0.768. The molecule has 2 aromatic carbocycles. The van der Waals surface area contributed by atoms with Crippen LogP contribution >= 0.6 is 0 Å². The number of aliphatic imine (C=N–C) groups is 1. The first-order chi connectivity index (χ1) is 15.0. The summed E-state index contributed by atoms with van der Waals surface area (Å²) >= 11 is 0. The Labute approximate surface area is 182 Å². The van der Waals surface area contributed by atoms with Gasteiger partial charge in [-0.1, -0.05) is 48.9 Å². The van der Waals surface area contributed by atoms with Crippen LogP contribution in [0.4, 0.5) is 10.5 Å². The fraction of sp³-hybridized carbons (Fsp3) is 0.375. The van der Waals surface area contributed by atoms with Gasteiger partial charge in [-0.05, 0) is 36.6 Å². The summed E-state index contributed by atoms with van der Waals surface area (Å²) in [7, 11) is 1.74. The number of guanidine groups is 1. The number of urea groups is 1. The molecule has 160 valence electrons. The van der Waals surface area contributed by atoms with Crippen LogP contribution in [0.15, 0.2) is 53.5 Å². The summed E-state index contributed by atoms with van der Waals surface area (Å²) in [6, 6.07) is 15.6. The molecule has 3 aliphatic heterocycles. The van der Waals surface area contributed by atoms with Crippen LogP contribution in [0.3, 0.4) is 0 Å². The van der Waals surface area contributed by atoms with Gasteiger partial charge in [0.25, 0.3) is 5.91 Å². The summed E-state index contributed by atoms with van der Waals surface area (Å²) in [5.74, 6) is 0.611. The molecule has 2 saturated heterocycles. The molecule has 3 amide bonds. The lowest BCUT2D eigenvalue weighted by Crippen LogP contribution is -2.64. The number of likely N-dealkylation sites (N-methyl/N-ethyl adjacent to an activating group) is 1. The largest absolute Gasteiger partial charge is 0.328 e. The molecule has 0 bridgehead atoms. The van der Waals surface area contributed by atoms with Gasteiger partial charge in [0.2, 0.25) is 5.96 Å². The predicted molar refractivity (Wildman–Crippen MR) is 120 cm³/mol. The highest BCUT2D eigenvalue weighted by atomic mass is 16.2. The van der Waals surface area contributed by atoms with Crippen LogP contribution in [0.1, 0.15) is 23.6 Å². The van der Waals surface area contributed by atoms with Gasteiger partial charge < -0.3 is 14.7 Å². The minimum atomic E-state index is -0.484. The van der Waals surface area contributed by atoms with E-state index in [1.807, 2.05) is 31.2 Å². The van der Waals surface area contributed by atoms with Crippen LogP contribution in [0.2, 0.25) is 0 Å². The molecule has 31 heavy (non-hydrogen) atoms. The normalized spacial score (nSPS) is 22.7. The molecule has 7 nitrogen and oxygen atoms in total. The Morgan fingerprint density at radius 1 is 0.968 bits per heavy atom. The number of rotatable bonds is 4. The molecular weight excluding hydrogens is 390 g/mol. The number of anilines is 1. The zero-order chi connectivity index (χ0) is 21.7. The Kier molecular flexibility index (Phi) is 4.68. The fourth-order valence-corrected chi connectivity index (χ4v) is 4.61. The van der Waals surface area contributed by atoms with E-state index < -0.39 is 12.2 Å². The van der Waals surface area contributed by atoms with Crippen LogP contribution in [-0.2, 0) is 17.8 Å². The monoisotopic (exact) mass is 417 g/mol. The maximum Gasteiger partial charge on any atom is 0.328 e. The number of benzene rings is 2. The van der Waals surface area contributed by atoms with Gasteiger partial charge in [0.1, 0.15) is 0 Å². The molecule has 7 heteroatoms. The van der Waals surface area contributed by atoms with Gasteiger partial charge in [-0.25, -0.2) is 9.79 Å². The second-order valence-corrected chi connectivity index (χ2v) is 8.46. The number of imide groups is 1. The van der Waals surface area contributed by atoms with Crippen molar-refractivity contribution < 1.29 is 9.59 Å². The van der Waals surface area contributed by atoms with Crippen molar-refractivity contribution in [2.45, 2.75) is 39.0 Å². The van der Waals surface area contributed by atoms with Gasteiger partial charge in [0.15, 0.2) is 12.2 Å². The lowest BCUT2D eigenvalue weighted by molar-refractivity contribution is -0.137. The molecule has 0 N–H and O–H groups in total. The van der Waals surface area contributed by atoms with Gasteiger partial charge in [0.05, 0.1) is 6.54 Å². The summed E-state index contributed by atoms with van der Waals surface area (Å²) < 4.78 is 0. The second-order valence-electron chi connectivity index (χ2n) is 8.46. The molecule has 2 atom stereocenters. The van der Waals surface area contributed by atoms with Gasteiger partial charge in [-0.3, -0.25) is 9.69 Å². The van der Waals surface area contributed by atoms with Crippen molar-refractivity contribution in [3.63, 3.8) is 0 Å². The summed E-state index contributed by atoms with van der Waals surface area (Å²) in [6.07, 6.45) is 0.511. The maximum absolute atomic E-state index is 13.4. The molecule has 3 aliphatic rings. The van der Waals surface area contributed by atoms with Crippen molar-refractivity contribution in [2.24, 2.45) is 4.99 Å². The van der Waals surface area contributed by atoms with Crippen molar-refractivity contribution in [2.75, 3.05) is 25.0 Å². The number of aryl methyl sites for hydroxylation is 2. The zero-order valence-electron chi connectivity index (χ0n) is 18.2. The number of carbonyl (C=O) groups excluding carboxylic acids is 2. The van der Waals surface area contributed by atoms with Gasteiger partial charge in [-0.15, -0.1) is 0 Å². The van der Waals surface area contributed by atoms with E-state index in [0.29, 0.717) is 6.54 Å². The van der Waals surface area contributed by atoms with Crippen LogP contribution in [0.5, 0.6) is 0 Å². The van der Waals surface area contributed by atoms with Gasteiger partial charge in [0, 0.05) is 25.8 Å². The smallest absolute Gasteiger partial charge is 0.325 e. The average molecular weight is 418 g/mol. The number of hydrogen-bond donors (Lipinski definition) is 0. The second kappa shape index (κ2) is 7.41. The third-order valence-electron chi connectivity index (χ3n) is 6.49. The molecule has 0 radical (unpaired) electrons. The molecular formula is C24H27N5O2. The van der Waals surface area contributed by atoms with Crippen molar-refractivity contribution in [3.05, 3.63) is 65.2 Å². The number of fused-ring (bicyclic) bond motifs is 3. The van der Waals surface area contributed by atoms with Gasteiger partial charge in [-0.2, -0.15) is 0 Å². The van der Waals surface area contributed by atoms with Crippen LogP contribution < -0.4 is 4.90 Å². The van der Waals surface area contributed by atoms with E-state index in [-0.39, 0.29) is 18.5 Å². The number of hydrogen-bond acceptors (Lipinski definition) is 5. The lowest BCUT2D eigenvalue weighted by atomic mass is 10.1. The van der Waals surface area contributed by atoms with E-state index in [9.17, 15) is 9.59 Å². The van der Waals surface area contributed by atoms with E-state index >= 15 is 0 Å². The number of nitrogens with zero attached hydrogens (tertiary/aromatic N) is 5. The summed E-state index contributed by atoms with van der Waals surface area (Å²) in [4.78, 5) is 38.5. The minimum absolute atomic E-state index is 0.171. The van der Waals surface area contributed by atoms with Crippen molar-refractivity contribution in [1.82, 2.24) is 14.7 Å². The third-order valence-corrected chi connectivity index (χ3v) is 6.49. The van der Waals surface area contributed by atoms with E-state index in [0.717, 1.165) is 35.7 Å². The van der Waals surface area contributed by atoms with Crippen molar-refractivity contribution in [3.8, 4) is 0 Å². The van der Waals surface area contributed by atoms with Crippen molar-refractivity contribution >= 4 is 23.6 Å². The highest BCUT2D eigenvalue weighted by Crippen LogP contribution is 2.33. The molecule has 2 fully saturated rings. The standard InChI is InChI=1S/C24H27N5O2/c1-4-17-9-11-19(12-10-17)27-13-14-28-20-21(25-23(27)28)26(3)24(31)29(22(20)30)15-18-7-5-16(2)6-8-18/h5-12,20-21H,4,13-15H2,1-3H3. The van der Waals surface area contributed by atoms with E-state index in [2.05, 4.69) is 41.0 Å². The molecule has 0 aliphatic carbocycles. The highest BCUT2D eigenvalue weighted by molar-refractivity contribution is 6.07. The Bertz CT molecular complexity index is 1050. The Morgan fingerprint density at radius 2 is 1.65 bits per heavy atom. The number of amides is 3. The molecule has 0 aromatic heterocycles. The molecule has 2 unspecified atom stereocenters. The molecule has 0 spiro atoms. The van der Waals surface area contributed by atoms with E-state index in [1.54, 1.807) is 11.9 Å². The first-order valence-corrected chi connectivity index (χ1v) is 10.8. The SMILES string of the molecule is CCc1ccc(N2CCN3C2=NC2C3C(=O)N(Cc3ccc(C)cc3)C(=O)N2C)cc1. The average Bonchev–Trinajstić information content (AvgIpc) is 3.36. The Hall–Kier alpha value is -3.35. The Balaban J connectivity index is 1.41. The molecule has 3 heterocycles. The topological polar surface area (TPSA) is 59.5 Å². The van der Waals surface area contributed by atoms with Crippen LogP contribution in [0.25, 0.3) is 0 Å². The first-order valence-electron chi connectivity index (χ1n) is 10.8. The lowest BCUT2D eigenvalue weighted by Gasteiger charge is -2.40. The summed E-state index contributed by atoms with van der Waals surface area (Å²) in [6.45, 7) is 5.92. The maximum atomic E-state index is 13.4. The van der Waals surface area contributed by atoms with Crippen molar-refractivity contribution in [1.29, 1.82) is 0 Å². The highest BCUT2D eigenvalue weighted by Gasteiger charge is 2.54. The van der Waals surface area contributed by atoms with E-state index in [1.165, 1.54) is 10.5 Å². The first kappa shape index (κ1) is 19.6. The predicted octanol–water partition coefficient (Wildman–Crippen LogP) is 2.84. The Morgan fingerprint density at radius 3 is 2.32 bits per heavy atom. The number of carbonyl (C=O) groups is 2. The van der Waals surface area contributed by atoms with Crippen LogP contribution in [-0.4, -0.2) is 64.9 Å². The molecule has 0 saturated carbocycles. The van der Waals surface area contributed by atoms with Crippen LogP contribution in [0, 0.1) is 6.92 Å². The molecule has 2 aromatic rings. The van der Waals surface area contributed by atoms with E-state index in [4.69, 9.17) is 4.99 Å². The third kappa shape index (κ3) is 3.15. The zero-order valence-corrected chi connectivity index (χ0v) is 18.2. The summed E-state index contributed by atoms with van der Waals surface area (Å²) in [5, 5.41) is 0. The molecule has 5 rings (SSSR count). The summed E-state index contributed by atoms with van der Waals surface area (Å²) in [5.41, 5.74) is 4.44.